The molecule has 1 saturated heterocycles. The summed E-state index contributed by atoms with van der Waals surface area (Å²) in [6, 6.07) is 0. The van der Waals surface area contributed by atoms with Crippen LogP contribution in [0.4, 0.5) is 0 Å². The largest absolute Gasteiger partial charge is 0.455 e. The van der Waals surface area contributed by atoms with E-state index < -0.39 is 17.7 Å². The molecule has 100 valence electrons. The van der Waals surface area contributed by atoms with Crippen LogP contribution in [0, 0.1) is 0 Å². The highest BCUT2D eigenvalue weighted by Crippen LogP contribution is 2.28. The third-order valence-corrected chi connectivity index (χ3v) is 2.47. The number of rotatable bonds is 5. The fourth-order valence-corrected chi connectivity index (χ4v) is 1.45. The van der Waals surface area contributed by atoms with Crippen molar-refractivity contribution in [2.45, 2.75) is 32.5 Å². The first-order valence-electron chi connectivity index (χ1n) is 5.72. The lowest BCUT2D eigenvalue weighted by molar-refractivity contribution is -0.228. The minimum absolute atomic E-state index is 0.127. The first kappa shape index (κ1) is 14.4. The van der Waals surface area contributed by atoms with Crippen LogP contribution in [-0.2, 0) is 23.8 Å². The van der Waals surface area contributed by atoms with Gasteiger partial charge in [-0.1, -0.05) is 13.2 Å². The normalized spacial score (nSPS) is 22.3. The topological polar surface area (TPSA) is 61.8 Å². The molecule has 1 unspecified atom stereocenters. The highest BCUT2D eigenvalue weighted by atomic mass is 16.7. The molecule has 0 aromatic heterocycles. The molecule has 1 fully saturated rings. The van der Waals surface area contributed by atoms with Crippen molar-refractivity contribution in [3.8, 4) is 0 Å². The maximum absolute atomic E-state index is 11.5. The van der Waals surface area contributed by atoms with Crippen LogP contribution >= 0.6 is 0 Å². The third kappa shape index (κ3) is 3.70. The van der Waals surface area contributed by atoms with Crippen molar-refractivity contribution in [3.05, 3.63) is 24.3 Å². The predicted octanol–water partition coefficient (Wildman–Crippen LogP) is 1.73. The number of hydrogen-bond donors (Lipinski definition) is 0. The lowest BCUT2D eigenvalue weighted by atomic mass is 10.2. The second-order valence-corrected chi connectivity index (χ2v) is 4.39. The van der Waals surface area contributed by atoms with E-state index in [2.05, 4.69) is 13.2 Å². The maximum atomic E-state index is 11.5. The first-order chi connectivity index (χ1) is 8.36. The molecule has 0 aromatic carbocycles. The van der Waals surface area contributed by atoms with Gasteiger partial charge in [0.25, 0.3) is 0 Å². The molecule has 0 amide bonds. The summed E-state index contributed by atoms with van der Waals surface area (Å²) in [7, 11) is 0. The highest BCUT2D eigenvalue weighted by Gasteiger charge is 2.41. The summed E-state index contributed by atoms with van der Waals surface area (Å²) in [5, 5.41) is 0. The van der Waals surface area contributed by atoms with E-state index in [-0.39, 0.29) is 17.8 Å². The van der Waals surface area contributed by atoms with Gasteiger partial charge < -0.3 is 14.2 Å². The predicted molar refractivity (Wildman–Crippen MR) is 64.6 cm³/mol. The highest BCUT2D eigenvalue weighted by molar-refractivity contribution is 5.88. The summed E-state index contributed by atoms with van der Waals surface area (Å²) in [5.74, 6) is -2.26. The van der Waals surface area contributed by atoms with E-state index in [0.29, 0.717) is 13.0 Å². The molecule has 0 N–H and O–H groups in total. The minimum atomic E-state index is -1.18. The smallest absolute Gasteiger partial charge is 0.335 e. The number of hydrogen-bond acceptors (Lipinski definition) is 5. The van der Waals surface area contributed by atoms with Crippen molar-refractivity contribution < 1.29 is 23.8 Å². The van der Waals surface area contributed by atoms with Crippen molar-refractivity contribution in [2.75, 3.05) is 13.2 Å². The summed E-state index contributed by atoms with van der Waals surface area (Å²) < 4.78 is 15.6. The molecule has 1 aliphatic heterocycles. The van der Waals surface area contributed by atoms with Crippen LogP contribution in [0.5, 0.6) is 0 Å². The molecule has 18 heavy (non-hydrogen) atoms. The standard InChI is InChI=1S/C13H18O5/c1-9(2)11(14)16-8-13(6-5-7-17-13)18-12(15)10(3)4/h1,3,5-8H2,2,4H3. The van der Waals surface area contributed by atoms with Crippen molar-refractivity contribution in [2.24, 2.45) is 0 Å². The van der Waals surface area contributed by atoms with Gasteiger partial charge in [-0.3, -0.25) is 0 Å². The van der Waals surface area contributed by atoms with E-state index in [1.54, 1.807) is 13.8 Å². The molecule has 1 rings (SSSR count). The second kappa shape index (κ2) is 5.82. The molecule has 0 saturated carbocycles. The maximum Gasteiger partial charge on any atom is 0.335 e. The molecule has 5 heteroatoms. The zero-order valence-corrected chi connectivity index (χ0v) is 10.8. The monoisotopic (exact) mass is 254 g/mol. The Balaban J connectivity index is 2.63. The summed E-state index contributed by atoms with van der Waals surface area (Å²) >= 11 is 0. The van der Waals surface area contributed by atoms with Gasteiger partial charge in [0.15, 0.2) is 6.61 Å². The van der Waals surface area contributed by atoms with Crippen LogP contribution in [-0.4, -0.2) is 30.9 Å². The van der Waals surface area contributed by atoms with Gasteiger partial charge in [0.2, 0.25) is 5.79 Å². The summed E-state index contributed by atoms with van der Waals surface area (Å²) in [4.78, 5) is 22.8. The van der Waals surface area contributed by atoms with Gasteiger partial charge in [0.05, 0.1) is 6.61 Å². The van der Waals surface area contributed by atoms with Gasteiger partial charge in [0.1, 0.15) is 0 Å². The molecule has 0 bridgehead atoms. The lowest BCUT2D eigenvalue weighted by Gasteiger charge is -2.27. The van der Waals surface area contributed by atoms with E-state index in [0.717, 1.165) is 6.42 Å². The van der Waals surface area contributed by atoms with E-state index in [4.69, 9.17) is 14.2 Å². The average molecular weight is 254 g/mol. The Morgan fingerprint density at radius 1 is 1.22 bits per heavy atom. The van der Waals surface area contributed by atoms with E-state index in [1.165, 1.54) is 0 Å². The molecular formula is C13H18O5. The molecule has 0 radical (unpaired) electrons. The van der Waals surface area contributed by atoms with E-state index in [9.17, 15) is 9.59 Å². The van der Waals surface area contributed by atoms with Gasteiger partial charge in [-0.25, -0.2) is 9.59 Å². The fraction of sp³-hybridized carbons (Fsp3) is 0.538. The number of ether oxygens (including phenoxy) is 3. The first-order valence-corrected chi connectivity index (χ1v) is 5.72. The van der Waals surface area contributed by atoms with Gasteiger partial charge >= 0.3 is 11.9 Å². The van der Waals surface area contributed by atoms with Crippen LogP contribution < -0.4 is 0 Å². The molecule has 0 aromatic rings. The van der Waals surface area contributed by atoms with Crippen LogP contribution in [0.3, 0.4) is 0 Å². The van der Waals surface area contributed by atoms with Gasteiger partial charge in [-0.05, 0) is 20.3 Å². The van der Waals surface area contributed by atoms with Gasteiger partial charge in [-0.15, -0.1) is 0 Å². The van der Waals surface area contributed by atoms with Crippen LogP contribution in [0.2, 0.25) is 0 Å². The average Bonchev–Trinajstić information content (AvgIpc) is 2.74. The zero-order chi connectivity index (χ0) is 13.8. The van der Waals surface area contributed by atoms with Crippen molar-refractivity contribution in [1.29, 1.82) is 0 Å². The third-order valence-electron chi connectivity index (χ3n) is 2.47. The van der Waals surface area contributed by atoms with Gasteiger partial charge in [0, 0.05) is 17.6 Å². The van der Waals surface area contributed by atoms with Gasteiger partial charge in [-0.2, -0.15) is 0 Å². The molecule has 0 aliphatic carbocycles. The molecule has 0 spiro atoms. The molecule has 5 nitrogen and oxygen atoms in total. The molecule has 1 aliphatic rings. The van der Waals surface area contributed by atoms with Crippen LogP contribution in [0.1, 0.15) is 26.7 Å². The SMILES string of the molecule is C=C(C)C(=O)OCC1(OC(=O)C(=C)C)CCCO1. The van der Waals surface area contributed by atoms with E-state index in [1.807, 2.05) is 0 Å². The Hall–Kier alpha value is -1.62. The number of carbonyl (C=O) groups is 2. The lowest BCUT2D eigenvalue weighted by Crippen LogP contribution is -2.40. The minimum Gasteiger partial charge on any atom is -0.455 e. The summed E-state index contributed by atoms with van der Waals surface area (Å²) in [5.41, 5.74) is 0.561. The number of esters is 2. The van der Waals surface area contributed by atoms with Crippen LogP contribution in [0.25, 0.3) is 0 Å². The molecule has 1 heterocycles. The Kier molecular flexibility index (Phi) is 4.67. The fourth-order valence-electron chi connectivity index (χ4n) is 1.45. The Bertz CT molecular complexity index is 377. The van der Waals surface area contributed by atoms with Crippen LogP contribution in [0.15, 0.2) is 24.3 Å². The van der Waals surface area contributed by atoms with E-state index >= 15 is 0 Å². The second-order valence-electron chi connectivity index (χ2n) is 4.39. The molecule has 1 atom stereocenters. The Morgan fingerprint density at radius 3 is 2.28 bits per heavy atom. The summed E-state index contributed by atoms with van der Waals surface area (Å²) in [6.45, 7) is 10.4. The molecular weight excluding hydrogens is 236 g/mol. The summed E-state index contributed by atoms with van der Waals surface area (Å²) in [6.07, 6.45) is 1.24. The Morgan fingerprint density at radius 2 is 1.83 bits per heavy atom. The Labute approximate surface area is 106 Å². The van der Waals surface area contributed by atoms with Crippen molar-refractivity contribution in [3.63, 3.8) is 0 Å². The number of carbonyl (C=O) groups excluding carboxylic acids is 2. The van der Waals surface area contributed by atoms with Crippen molar-refractivity contribution >= 4 is 11.9 Å². The quantitative estimate of drug-likeness (QED) is 0.552. The van der Waals surface area contributed by atoms with Crippen molar-refractivity contribution in [1.82, 2.24) is 0 Å². The zero-order valence-electron chi connectivity index (χ0n) is 10.8.